The highest BCUT2D eigenvalue weighted by Crippen LogP contribution is 2.12. The summed E-state index contributed by atoms with van der Waals surface area (Å²) in [5, 5.41) is 0. The van der Waals surface area contributed by atoms with Crippen molar-refractivity contribution in [2.75, 3.05) is 14.2 Å². The first-order valence-corrected chi connectivity index (χ1v) is 4.59. The summed E-state index contributed by atoms with van der Waals surface area (Å²) in [6, 6.07) is 0.407. The van der Waals surface area contributed by atoms with E-state index in [9.17, 15) is 0 Å². The number of hydrogen-bond acceptors (Lipinski definition) is 6. The number of rotatable bonds is 3. The molecule has 0 spiro atoms. The highest BCUT2D eigenvalue weighted by molar-refractivity contribution is 5.19. The maximum absolute atomic E-state index is 4.96. The lowest BCUT2D eigenvalue weighted by molar-refractivity contribution is 0.338. The van der Waals surface area contributed by atoms with E-state index in [1.807, 2.05) is 6.92 Å². The van der Waals surface area contributed by atoms with Gasteiger partial charge in [-0.05, 0) is 6.92 Å². The molecule has 7 heteroatoms. The van der Waals surface area contributed by atoms with Crippen molar-refractivity contribution in [1.29, 1.82) is 0 Å². The molecule has 0 bridgehead atoms. The number of imidazole rings is 1. The molecule has 0 aromatic carbocycles. The fraction of sp³-hybridized carbons (Fsp3) is 0.333. The molecule has 0 N–H and O–H groups in total. The number of hydrogen-bond donors (Lipinski definition) is 0. The van der Waals surface area contributed by atoms with Gasteiger partial charge < -0.3 is 9.47 Å². The zero-order chi connectivity index (χ0) is 11.5. The molecule has 0 unspecified atom stereocenters. The smallest absolute Gasteiger partial charge is 0.324 e. The van der Waals surface area contributed by atoms with Gasteiger partial charge in [-0.15, -0.1) is 4.98 Å². The molecule has 0 aliphatic rings. The Balaban J connectivity index is 2.52. The molecule has 7 nitrogen and oxygen atoms in total. The highest BCUT2D eigenvalue weighted by Gasteiger charge is 2.10. The molecule has 0 atom stereocenters. The Hall–Kier alpha value is -2.18. The Labute approximate surface area is 92.1 Å². The van der Waals surface area contributed by atoms with Crippen LogP contribution in [-0.2, 0) is 0 Å². The molecule has 0 aliphatic carbocycles. The van der Waals surface area contributed by atoms with Gasteiger partial charge in [-0.2, -0.15) is 9.97 Å². The number of nitrogens with zero attached hydrogens (tertiary/aromatic N) is 5. The molecule has 84 valence electrons. The van der Waals surface area contributed by atoms with Crippen molar-refractivity contribution >= 4 is 0 Å². The first-order chi connectivity index (χ1) is 7.74. The van der Waals surface area contributed by atoms with Crippen LogP contribution in [0.5, 0.6) is 12.0 Å². The maximum atomic E-state index is 4.96. The molecular weight excluding hydrogens is 210 g/mol. The Kier molecular flexibility index (Phi) is 2.67. The van der Waals surface area contributed by atoms with Crippen LogP contribution < -0.4 is 9.47 Å². The monoisotopic (exact) mass is 221 g/mol. The number of aryl methyl sites for hydroxylation is 1. The summed E-state index contributed by atoms with van der Waals surface area (Å²) in [6.45, 7) is 1.85. The van der Waals surface area contributed by atoms with E-state index < -0.39 is 0 Å². The third kappa shape index (κ3) is 1.79. The second-order valence-electron chi connectivity index (χ2n) is 2.95. The second kappa shape index (κ2) is 4.13. The van der Waals surface area contributed by atoms with E-state index in [4.69, 9.17) is 9.47 Å². The molecule has 0 fully saturated rings. The molecule has 0 aliphatic heterocycles. The SMILES string of the molecule is COc1nc(OC)nc(-n2ccnc2C)n1. The summed E-state index contributed by atoms with van der Waals surface area (Å²) < 4.78 is 11.6. The van der Waals surface area contributed by atoms with E-state index in [0.717, 1.165) is 5.82 Å². The van der Waals surface area contributed by atoms with Crippen LogP contribution in [0.3, 0.4) is 0 Å². The standard InChI is InChI=1S/C9H11N5O2/c1-6-10-4-5-14(6)7-11-8(15-2)13-9(12-7)16-3/h4-5H,1-3H3. The van der Waals surface area contributed by atoms with E-state index in [-0.39, 0.29) is 12.0 Å². The van der Waals surface area contributed by atoms with Crippen LogP contribution in [0.1, 0.15) is 5.82 Å². The minimum atomic E-state index is 0.204. The lowest BCUT2D eigenvalue weighted by Crippen LogP contribution is -2.07. The van der Waals surface area contributed by atoms with Crippen molar-refractivity contribution in [3.05, 3.63) is 18.2 Å². The van der Waals surface area contributed by atoms with Gasteiger partial charge >= 0.3 is 12.0 Å². The van der Waals surface area contributed by atoms with Gasteiger partial charge in [0.05, 0.1) is 14.2 Å². The van der Waals surface area contributed by atoms with Gasteiger partial charge in [0.2, 0.25) is 5.95 Å². The summed E-state index contributed by atoms with van der Waals surface area (Å²) in [5.74, 6) is 1.19. The van der Waals surface area contributed by atoms with Crippen LogP contribution >= 0.6 is 0 Å². The minimum Gasteiger partial charge on any atom is -0.467 e. The Morgan fingerprint density at radius 2 is 1.69 bits per heavy atom. The van der Waals surface area contributed by atoms with Gasteiger partial charge in [-0.3, -0.25) is 4.57 Å². The van der Waals surface area contributed by atoms with Crippen molar-refractivity contribution < 1.29 is 9.47 Å². The van der Waals surface area contributed by atoms with Gasteiger partial charge in [0, 0.05) is 12.4 Å². The Morgan fingerprint density at radius 3 is 2.12 bits per heavy atom. The van der Waals surface area contributed by atoms with Crippen LogP contribution in [0.4, 0.5) is 0 Å². The van der Waals surface area contributed by atoms with E-state index in [1.165, 1.54) is 14.2 Å². The first-order valence-electron chi connectivity index (χ1n) is 4.59. The molecule has 16 heavy (non-hydrogen) atoms. The van der Waals surface area contributed by atoms with E-state index in [2.05, 4.69) is 19.9 Å². The van der Waals surface area contributed by atoms with Gasteiger partial charge in [0.15, 0.2) is 0 Å². The lowest BCUT2D eigenvalue weighted by atomic mass is 10.7. The number of aromatic nitrogens is 5. The fourth-order valence-corrected chi connectivity index (χ4v) is 1.21. The van der Waals surface area contributed by atoms with Gasteiger partial charge in [0.1, 0.15) is 5.82 Å². The van der Waals surface area contributed by atoms with Crippen LogP contribution in [0, 0.1) is 6.92 Å². The van der Waals surface area contributed by atoms with Crippen LogP contribution in [0.15, 0.2) is 12.4 Å². The molecule has 2 rings (SSSR count). The van der Waals surface area contributed by atoms with E-state index in [1.54, 1.807) is 17.0 Å². The lowest BCUT2D eigenvalue weighted by Gasteiger charge is -2.06. The zero-order valence-electron chi connectivity index (χ0n) is 9.21. The Morgan fingerprint density at radius 1 is 1.06 bits per heavy atom. The maximum Gasteiger partial charge on any atom is 0.324 e. The van der Waals surface area contributed by atoms with Gasteiger partial charge in [0.25, 0.3) is 0 Å². The molecule has 0 saturated heterocycles. The Bertz CT molecular complexity index is 474. The third-order valence-electron chi connectivity index (χ3n) is 1.99. The first kappa shape index (κ1) is 10.3. The molecule has 2 aromatic rings. The third-order valence-corrected chi connectivity index (χ3v) is 1.99. The normalized spacial score (nSPS) is 10.2. The minimum absolute atomic E-state index is 0.204. The summed E-state index contributed by atoms with van der Waals surface area (Å²) >= 11 is 0. The van der Waals surface area contributed by atoms with Crippen LogP contribution in [0.25, 0.3) is 5.95 Å². The van der Waals surface area contributed by atoms with Crippen LogP contribution in [0.2, 0.25) is 0 Å². The van der Waals surface area contributed by atoms with Crippen LogP contribution in [-0.4, -0.2) is 38.7 Å². The molecule has 0 amide bonds. The summed E-state index contributed by atoms with van der Waals surface area (Å²) in [6.07, 6.45) is 3.42. The van der Waals surface area contributed by atoms with Crippen molar-refractivity contribution in [2.45, 2.75) is 6.92 Å². The van der Waals surface area contributed by atoms with Gasteiger partial charge in [-0.25, -0.2) is 4.98 Å². The van der Waals surface area contributed by atoms with E-state index in [0.29, 0.717) is 5.95 Å². The fourth-order valence-electron chi connectivity index (χ4n) is 1.21. The van der Waals surface area contributed by atoms with Crippen molar-refractivity contribution in [2.24, 2.45) is 0 Å². The molecule has 2 heterocycles. The second-order valence-corrected chi connectivity index (χ2v) is 2.95. The average Bonchev–Trinajstić information content (AvgIpc) is 2.74. The van der Waals surface area contributed by atoms with Crippen molar-refractivity contribution in [1.82, 2.24) is 24.5 Å². The highest BCUT2D eigenvalue weighted by atomic mass is 16.5. The van der Waals surface area contributed by atoms with Crippen molar-refractivity contribution in [3.63, 3.8) is 0 Å². The molecular formula is C9H11N5O2. The topological polar surface area (TPSA) is 75.0 Å². The molecule has 2 aromatic heterocycles. The predicted molar refractivity (Wildman–Crippen MR) is 54.8 cm³/mol. The number of ether oxygens (including phenoxy) is 2. The molecule has 0 saturated carbocycles. The largest absolute Gasteiger partial charge is 0.467 e. The van der Waals surface area contributed by atoms with Crippen molar-refractivity contribution in [3.8, 4) is 18.0 Å². The average molecular weight is 221 g/mol. The zero-order valence-corrected chi connectivity index (χ0v) is 9.21. The summed E-state index contributed by atoms with van der Waals surface area (Å²) in [7, 11) is 2.97. The predicted octanol–water partition coefficient (Wildman–Crippen LogP) is 0.383. The van der Waals surface area contributed by atoms with Gasteiger partial charge in [-0.1, -0.05) is 0 Å². The number of methoxy groups -OCH3 is 2. The molecule has 0 radical (unpaired) electrons. The summed E-state index contributed by atoms with van der Waals surface area (Å²) in [5.41, 5.74) is 0. The summed E-state index contributed by atoms with van der Waals surface area (Å²) in [4.78, 5) is 16.2. The van der Waals surface area contributed by atoms with E-state index >= 15 is 0 Å². The quantitative estimate of drug-likeness (QED) is 0.746.